The number of amides is 2. The second-order valence-corrected chi connectivity index (χ2v) is 12.4. The molecule has 47 heavy (non-hydrogen) atoms. The van der Waals surface area contributed by atoms with E-state index in [1.807, 2.05) is 121 Å². The maximum absolute atomic E-state index is 15.9. The molecule has 0 N–H and O–H groups in total. The summed E-state index contributed by atoms with van der Waals surface area (Å²) >= 11 is 6.59. The van der Waals surface area contributed by atoms with Crippen molar-refractivity contribution < 1.29 is 19.3 Å². The molecule has 0 unspecified atom stereocenters. The number of Topliss-reactive ketones (excluding diaryl/α,β-unsaturated/α-hetero) is 1. The van der Waals surface area contributed by atoms with Crippen LogP contribution in [-0.2, 0) is 25.2 Å². The second kappa shape index (κ2) is 10.4. The molecule has 228 valence electrons. The van der Waals surface area contributed by atoms with Crippen LogP contribution in [0.4, 0.5) is 11.4 Å². The molecular weight excluding hydrogens is 612 g/mol. The van der Waals surface area contributed by atoms with Gasteiger partial charge >= 0.3 is 0 Å². The zero-order valence-corrected chi connectivity index (χ0v) is 25.5. The van der Waals surface area contributed by atoms with Gasteiger partial charge in [-0.05, 0) is 39.5 Å². The number of anilines is 1. The van der Waals surface area contributed by atoms with Gasteiger partial charge in [0.2, 0.25) is 11.8 Å². The highest BCUT2D eigenvalue weighted by Gasteiger charge is 2.82. The number of imide groups is 1. The fraction of sp³-hybridized carbons (Fsp3) is 0.103. The molecule has 3 aliphatic rings. The van der Waals surface area contributed by atoms with E-state index in [1.165, 1.54) is 12.1 Å². The fourth-order valence-electron chi connectivity index (χ4n) is 8.36. The number of carbonyl (C=O) groups excluding carboxylic acids is 3. The van der Waals surface area contributed by atoms with E-state index in [2.05, 4.69) is 0 Å². The number of nitro benzene ring substituents is 1. The van der Waals surface area contributed by atoms with Crippen LogP contribution < -0.4 is 4.90 Å². The molecule has 2 aliphatic carbocycles. The lowest BCUT2D eigenvalue weighted by molar-refractivity contribution is -0.384. The van der Waals surface area contributed by atoms with E-state index >= 15 is 14.4 Å². The Hall–Kier alpha value is -5.66. The maximum atomic E-state index is 15.9. The van der Waals surface area contributed by atoms with Crippen molar-refractivity contribution in [3.63, 3.8) is 0 Å². The summed E-state index contributed by atoms with van der Waals surface area (Å²) in [5, 5.41) is 11.8. The van der Waals surface area contributed by atoms with Gasteiger partial charge in [0.15, 0.2) is 5.78 Å². The molecule has 0 radical (unpaired) electrons. The number of rotatable bonds is 6. The van der Waals surface area contributed by atoms with Crippen molar-refractivity contribution >= 4 is 51.7 Å². The van der Waals surface area contributed by atoms with Gasteiger partial charge in [0.25, 0.3) is 5.69 Å². The van der Waals surface area contributed by atoms with Crippen molar-refractivity contribution in [3.05, 3.63) is 177 Å². The molecule has 5 aromatic carbocycles. The highest BCUT2D eigenvalue weighted by Crippen LogP contribution is 2.74. The Morgan fingerprint density at radius 1 is 0.596 bits per heavy atom. The van der Waals surface area contributed by atoms with E-state index in [0.717, 1.165) is 22.1 Å². The summed E-state index contributed by atoms with van der Waals surface area (Å²) < 4.78 is 0. The summed E-state index contributed by atoms with van der Waals surface area (Å²) in [6.45, 7) is 0. The lowest BCUT2D eigenvalue weighted by atomic mass is 9.59. The van der Waals surface area contributed by atoms with Crippen molar-refractivity contribution in [2.45, 2.75) is 10.8 Å². The first-order valence-electron chi connectivity index (χ1n) is 15.2. The van der Waals surface area contributed by atoms with Crippen molar-refractivity contribution in [2.75, 3.05) is 4.90 Å². The largest absolute Gasteiger partial charge is 0.297 e. The molecule has 2 amide bonds. The van der Waals surface area contributed by atoms with Crippen LogP contribution in [0.25, 0.3) is 11.1 Å². The highest BCUT2D eigenvalue weighted by molar-refractivity contribution is 6.41. The summed E-state index contributed by atoms with van der Waals surface area (Å²) in [5.74, 6) is -3.83. The Bertz CT molecular complexity index is 2030. The number of nitrogens with zero attached hydrogens (tertiary/aromatic N) is 2. The topological polar surface area (TPSA) is 97.6 Å². The molecule has 0 aromatic heterocycles. The molecule has 1 heterocycles. The quantitative estimate of drug-likeness (QED) is 0.110. The number of hydrogen-bond donors (Lipinski definition) is 0. The number of nitro groups is 1. The van der Waals surface area contributed by atoms with Gasteiger partial charge in [-0.25, -0.2) is 4.90 Å². The lowest BCUT2D eigenvalue weighted by Gasteiger charge is -2.39. The number of benzene rings is 5. The van der Waals surface area contributed by atoms with Gasteiger partial charge in [0, 0.05) is 12.1 Å². The van der Waals surface area contributed by atoms with Crippen LogP contribution in [0, 0.1) is 22.0 Å². The molecule has 7 nitrogen and oxygen atoms in total. The normalized spacial score (nSPS) is 24.6. The second-order valence-electron chi connectivity index (χ2n) is 12.0. The van der Waals surface area contributed by atoms with E-state index in [9.17, 15) is 10.1 Å². The molecule has 1 aliphatic heterocycles. The summed E-state index contributed by atoms with van der Waals surface area (Å²) in [6, 6.07) is 41.1. The number of allylic oxidation sites excluding steroid dienone is 2. The van der Waals surface area contributed by atoms with Crippen LogP contribution >= 0.6 is 11.6 Å². The van der Waals surface area contributed by atoms with Crippen LogP contribution in [0.2, 0.25) is 5.02 Å². The molecule has 1 saturated heterocycles. The van der Waals surface area contributed by atoms with E-state index < -0.39 is 39.4 Å². The van der Waals surface area contributed by atoms with Gasteiger partial charge in [-0.2, -0.15) is 0 Å². The van der Waals surface area contributed by atoms with Gasteiger partial charge in [-0.1, -0.05) is 133 Å². The van der Waals surface area contributed by atoms with Crippen molar-refractivity contribution in [1.82, 2.24) is 0 Å². The Morgan fingerprint density at radius 2 is 1.00 bits per heavy atom. The zero-order valence-electron chi connectivity index (χ0n) is 24.7. The molecule has 4 atom stereocenters. The molecule has 5 aromatic rings. The Kier molecular flexibility index (Phi) is 6.39. The number of halogens is 1. The smallest absolute Gasteiger partial charge is 0.271 e. The number of fused-ring (bicyclic) bond motifs is 5. The highest BCUT2D eigenvalue weighted by atomic mass is 35.5. The number of carbonyl (C=O) groups is 3. The number of hydrogen-bond acceptors (Lipinski definition) is 5. The number of non-ortho nitro benzene ring substituents is 1. The van der Waals surface area contributed by atoms with Gasteiger partial charge in [-0.15, -0.1) is 0 Å². The Balaban J connectivity index is 1.54. The first-order chi connectivity index (χ1) is 22.8. The summed E-state index contributed by atoms with van der Waals surface area (Å²) in [6.07, 6.45) is 0. The van der Waals surface area contributed by atoms with Crippen molar-refractivity contribution in [2.24, 2.45) is 11.8 Å². The summed E-state index contributed by atoms with van der Waals surface area (Å²) in [5.41, 5.74) is 0.477. The molecule has 8 rings (SSSR count). The van der Waals surface area contributed by atoms with Crippen LogP contribution in [0.1, 0.15) is 22.3 Å². The van der Waals surface area contributed by atoms with Gasteiger partial charge < -0.3 is 0 Å². The Labute approximate surface area is 274 Å². The van der Waals surface area contributed by atoms with Crippen LogP contribution in [0.15, 0.2) is 140 Å². The molecule has 0 spiro atoms. The Morgan fingerprint density at radius 3 is 1.40 bits per heavy atom. The average molecular weight is 637 g/mol. The molecular formula is C39H25ClN2O5. The minimum atomic E-state index is -1.58. The van der Waals surface area contributed by atoms with E-state index in [-0.39, 0.29) is 22.2 Å². The van der Waals surface area contributed by atoms with Crippen molar-refractivity contribution in [1.29, 1.82) is 0 Å². The SMILES string of the molecule is O=C1[C@@H]2[C@H](C(=O)N1c1cc([N+](=O)[O-])ccc1Cl)[C@@]1(c3ccccc3)C(=O)[C@@]2(c2ccccc2)C(c2ccccc2)=C1c1ccccc1. The fourth-order valence-corrected chi connectivity index (χ4v) is 8.56. The standard InChI is InChI=1S/C39H25ClN2O5/c40-29-22-21-28(42(46)47)23-30(29)41-35(43)33-34(36(41)44)39(27-19-11-4-12-20-27)32(25-15-7-2-8-16-25)31(24-13-5-1-6-14-24)38(33,37(39)45)26-17-9-3-10-18-26/h1-23,33-34H/t33-,34+,38-,39-/m0/s1. The van der Waals surface area contributed by atoms with Gasteiger partial charge in [-0.3, -0.25) is 24.5 Å². The number of ketones is 1. The van der Waals surface area contributed by atoms with E-state index in [1.54, 1.807) is 0 Å². The minimum absolute atomic E-state index is 0.0120. The third-order valence-electron chi connectivity index (χ3n) is 9.96. The first-order valence-corrected chi connectivity index (χ1v) is 15.6. The molecule has 1 saturated carbocycles. The first kappa shape index (κ1) is 28.8. The van der Waals surface area contributed by atoms with Crippen LogP contribution in [-0.4, -0.2) is 22.5 Å². The van der Waals surface area contributed by atoms with Crippen molar-refractivity contribution in [3.8, 4) is 0 Å². The predicted molar refractivity (Wildman–Crippen MR) is 179 cm³/mol. The third kappa shape index (κ3) is 3.66. The lowest BCUT2D eigenvalue weighted by Crippen LogP contribution is -2.45. The molecule has 8 heteroatoms. The third-order valence-corrected chi connectivity index (χ3v) is 10.3. The van der Waals surface area contributed by atoms with Gasteiger partial charge in [0.1, 0.15) is 0 Å². The van der Waals surface area contributed by atoms with E-state index in [4.69, 9.17) is 11.6 Å². The van der Waals surface area contributed by atoms with E-state index in [0.29, 0.717) is 22.3 Å². The average Bonchev–Trinajstić information content (AvgIpc) is 3.62. The summed E-state index contributed by atoms with van der Waals surface area (Å²) in [4.78, 5) is 58.1. The zero-order chi connectivity index (χ0) is 32.5. The van der Waals surface area contributed by atoms with Gasteiger partial charge in [0.05, 0.1) is 38.3 Å². The summed E-state index contributed by atoms with van der Waals surface area (Å²) in [7, 11) is 0. The molecule has 2 bridgehead atoms. The molecule has 2 fully saturated rings. The maximum Gasteiger partial charge on any atom is 0.271 e. The van der Waals surface area contributed by atoms with Crippen LogP contribution in [0.3, 0.4) is 0 Å². The van der Waals surface area contributed by atoms with Crippen LogP contribution in [0.5, 0.6) is 0 Å². The minimum Gasteiger partial charge on any atom is -0.297 e. The predicted octanol–water partition coefficient (Wildman–Crippen LogP) is 7.44. The monoisotopic (exact) mass is 636 g/mol.